The summed E-state index contributed by atoms with van der Waals surface area (Å²) in [4.78, 5) is 8.87. The first kappa shape index (κ1) is 17.7. The van der Waals surface area contributed by atoms with Crippen molar-refractivity contribution in [1.29, 1.82) is 0 Å². The summed E-state index contributed by atoms with van der Waals surface area (Å²) in [5.41, 5.74) is 1.70. The zero-order valence-corrected chi connectivity index (χ0v) is 16.0. The van der Waals surface area contributed by atoms with Crippen molar-refractivity contribution in [2.75, 3.05) is 0 Å². The fraction of sp³-hybridized carbons (Fsp3) is 0.118. The quantitative estimate of drug-likeness (QED) is 0.364. The molecule has 0 aliphatic rings. The first-order chi connectivity index (χ1) is 12.8. The number of hydrogen-bond donors (Lipinski definition) is 0. The summed E-state index contributed by atoms with van der Waals surface area (Å²) in [6.45, 7) is 0. The number of alkyl halides is 3. The van der Waals surface area contributed by atoms with Crippen LogP contribution in [0.1, 0.15) is 11.4 Å². The third kappa shape index (κ3) is 3.73. The van der Waals surface area contributed by atoms with E-state index in [-0.39, 0.29) is 12.2 Å². The zero-order valence-electron chi connectivity index (χ0n) is 13.5. The molecule has 0 N–H and O–H groups in total. The second kappa shape index (κ2) is 6.49. The van der Waals surface area contributed by atoms with Crippen LogP contribution in [-0.2, 0) is 6.42 Å². The van der Waals surface area contributed by atoms with Gasteiger partial charge in [0.25, 0.3) is 0 Å². The molecule has 5 nitrogen and oxygen atoms in total. The van der Waals surface area contributed by atoms with E-state index in [2.05, 4.69) is 19.8 Å². The molecular formula is C17H11AsF4N4O. The van der Waals surface area contributed by atoms with E-state index in [1.54, 1.807) is 10.6 Å². The number of aromatic nitrogens is 4. The molecule has 2 aromatic carbocycles. The van der Waals surface area contributed by atoms with Crippen LogP contribution in [0.2, 0.25) is 0 Å². The number of nitrogens with zero attached hydrogens (tertiary/aromatic N) is 4. The fourth-order valence-corrected chi connectivity index (χ4v) is 3.26. The van der Waals surface area contributed by atoms with Gasteiger partial charge in [-0.05, 0) is 0 Å². The zero-order chi connectivity index (χ0) is 19.2. The molecule has 4 rings (SSSR count). The van der Waals surface area contributed by atoms with Gasteiger partial charge in [-0.1, -0.05) is 0 Å². The maximum absolute atomic E-state index is 13.6. The Morgan fingerprint density at radius 2 is 1.78 bits per heavy atom. The SMILES string of the molecule is Fc1ccc2c(c1)nc(Cc1ccc(OC(F)(F)F)cc1)n1nc([AsH2])nc21. The van der Waals surface area contributed by atoms with E-state index in [4.69, 9.17) is 0 Å². The molecule has 0 amide bonds. The van der Waals surface area contributed by atoms with Crippen LogP contribution in [0, 0.1) is 5.82 Å². The number of benzene rings is 2. The number of ether oxygens (including phenoxy) is 1. The van der Waals surface area contributed by atoms with Gasteiger partial charge in [0.1, 0.15) is 0 Å². The molecule has 2 heterocycles. The van der Waals surface area contributed by atoms with E-state index in [0.717, 1.165) is 0 Å². The maximum atomic E-state index is 13.6. The van der Waals surface area contributed by atoms with Gasteiger partial charge in [-0.25, -0.2) is 0 Å². The van der Waals surface area contributed by atoms with Crippen molar-refractivity contribution in [3.8, 4) is 5.75 Å². The van der Waals surface area contributed by atoms with E-state index >= 15 is 0 Å². The van der Waals surface area contributed by atoms with E-state index in [1.165, 1.54) is 53.3 Å². The topological polar surface area (TPSA) is 52.3 Å². The van der Waals surface area contributed by atoms with E-state index in [0.29, 0.717) is 32.6 Å². The molecule has 1 atom stereocenters. The molecule has 4 aromatic rings. The molecule has 0 spiro atoms. The first-order valence-corrected chi connectivity index (χ1v) is 8.95. The summed E-state index contributed by atoms with van der Waals surface area (Å²) in [6.07, 6.45) is -4.46. The second-order valence-electron chi connectivity index (χ2n) is 5.76. The van der Waals surface area contributed by atoms with Crippen LogP contribution in [0.5, 0.6) is 5.75 Å². The van der Waals surface area contributed by atoms with Crippen LogP contribution in [0.25, 0.3) is 16.6 Å². The first-order valence-electron chi connectivity index (χ1n) is 7.73. The number of halogens is 4. The summed E-state index contributed by atoms with van der Waals surface area (Å²) in [5, 5.41) is 5.02. The van der Waals surface area contributed by atoms with Crippen LogP contribution in [0.4, 0.5) is 17.6 Å². The Labute approximate surface area is 158 Å². The molecule has 0 radical (unpaired) electrons. The standard InChI is InChI=1S/C17H11AsF4N4O/c18-16-24-15-12-6-3-10(19)8-13(12)23-14(26(15)25-16)7-9-1-4-11(5-2-9)27-17(20,21)22/h1-6,8H,7,18H2. The minimum absolute atomic E-state index is 0.283. The average molecular weight is 438 g/mol. The molecule has 2 aromatic heterocycles. The molecule has 1 unspecified atom stereocenters. The normalized spacial score (nSPS) is 12.0. The summed E-state index contributed by atoms with van der Waals surface area (Å²) in [7, 11) is 0. The van der Waals surface area contributed by atoms with Gasteiger partial charge in [0.05, 0.1) is 0 Å². The van der Waals surface area contributed by atoms with E-state index in [1.807, 2.05) is 0 Å². The molecule has 10 heteroatoms. The molecular weight excluding hydrogens is 427 g/mol. The van der Waals surface area contributed by atoms with Crippen molar-refractivity contribution < 1.29 is 22.3 Å². The Kier molecular flexibility index (Phi) is 4.26. The van der Waals surface area contributed by atoms with Gasteiger partial charge in [-0.2, -0.15) is 0 Å². The van der Waals surface area contributed by atoms with Gasteiger partial charge < -0.3 is 0 Å². The van der Waals surface area contributed by atoms with Gasteiger partial charge >= 0.3 is 158 Å². The Morgan fingerprint density at radius 1 is 1.04 bits per heavy atom. The van der Waals surface area contributed by atoms with Crippen molar-refractivity contribution in [3.63, 3.8) is 0 Å². The molecule has 0 saturated heterocycles. The average Bonchev–Trinajstić information content (AvgIpc) is 2.97. The van der Waals surface area contributed by atoms with Crippen molar-refractivity contribution in [2.24, 2.45) is 0 Å². The molecule has 0 fully saturated rings. The Bertz CT molecular complexity index is 1140. The summed E-state index contributed by atoms with van der Waals surface area (Å²) in [6, 6.07) is 9.73. The van der Waals surface area contributed by atoms with Crippen molar-refractivity contribution in [3.05, 3.63) is 59.7 Å². The molecule has 138 valence electrons. The van der Waals surface area contributed by atoms with Crippen molar-refractivity contribution in [2.45, 2.75) is 12.8 Å². The predicted molar refractivity (Wildman–Crippen MR) is 92.4 cm³/mol. The Morgan fingerprint density at radius 3 is 2.48 bits per heavy atom. The molecule has 0 bridgehead atoms. The van der Waals surface area contributed by atoms with Crippen molar-refractivity contribution >= 4 is 38.0 Å². The number of fused-ring (bicyclic) bond motifs is 3. The second-order valence-corrected chi connectivity index (χ2v) is 6.85. The van der Waals surface area contributed by atoms with Crippen LogP contribution >= 0.6 is 0 Å². The van der Waals surface area contributed by atoms with Crippen LogP contribution in [0.3, 0.4) is 0 Å². The molecule has 0 saturated carbocycles. The van der Waals surface area contributed by atoms with Crippen molar-refractivity contribution in [1.82, 2.24) is 19.6 Å². The summed E-state index contributed by atoms with van der Waals surface area (Å²) >= 11 is 1.24. The van der Waals surface area contributed by atoms with Gasteiger partial charge in [-0.3, -0.25) is 0 Å². The Hall–Kier alpha value is -2.67. The van der Waals surface area contributed by atoms with Crippen LogP contribution in [-0.4, -0.2) is 42.8 Å². The fourth-order valence-electron chi connectivity index (χ4n) is 2.76. The monoisotopic (exact) mass is 438 g/mol. The number of hydrogen-bond acceptors (Lipinski definition) is 4. The van der Waals surface area contributed by atoms with Crippen LogP contribution in [0.15, 0.2) is 42.5 Å². The number of rotatable bonds is 3. The van der Waals surface area contributed by atoms with Gasteiger partial charge in [0.2, 0.25) is 0 Å². The van der Waals surface area contributed by atoms with Gasteiger partial charge in [-0.15, -0.1) is 0 Å². The predicted octanol–water partition coefficient (Wildman–Crippen LogP) is 2.16. The summed E-state index contributed by atoms with van der Waals surface area (Å²) < 4.78 is 56.4. The Balaban J connectivity index is 1.74. The van der Waals surface area contributed by atoms with Gasteiger partial charge in [0.15, 0.2) is 0 Å². The molecule has 0 aliphatic carbocycles. The minimum atomic E-state index is -4.74. The third-order valence-electron chi connectivity index (χ3n) is 3.84. The van der Waals surface area contributed by atoms with E-state index < -0.39 is 12.2 Å². The summed E-state index contributed by atoms with van der Waals surface area (Å²) in [5.74, 6) is -0.215. The third-order valence-corrected chi connectivity index (χ3v) is 4.35. The van der Waals surface area contributed by atoms with E-state index in [9.17, 15) is 17.6 Å². The van der Waals surface area contributed by atoms with Gasteiger partial charge in [0, 0.05) is 0 Å². The molecule has 27 heavy (non-hydrogen) atoms. The van der Waals surface area contributed by atoms with Crippen LogP contribution < -0.4 is 9.35 Å². The molecule has 0 aliphatic heterocycles.